The van der Waals surface area contributed by atoms with Crippen molar-refractivity contribution in [1.82, 2.24) is 14.8 Å². The molecule has 0 saturated heterocycles. The number of H-pyrrole nitrogens is 1. The molecule has 4 amide bonds. The molecule has 9 nitrogen and oxygen atoms in total. The number of aliphatic hydroxyl groups is 1. The van der Waals surface area contributed by atoms with Gasteiger partial charge in [0.25, 0.3) is 23.6 Å². The number of aromatic nitrogens is 1. The van der Waals surface area contributed by atoms with Gasteiger partial charge in [-0.25, -0.2) is 4.99 Å². The summed E-state index contributed by atoms with van der Waals surface area (Å²) in [5.74, 6) is -1.45. The number of rotatable bonds is 7. The lowest BCUT2D eigenvalue weighted by Crippen LogP contribution is -2.40. The van der Waals surface area contributed by atoms with Gasteiger partial charge in [0, 0.05) is 36.0 Å². The number of aliphatic imine (C=N–C) groups is 1. The first-order valence-electron chi connectivity index (χ1n) is 14.8. The molecule has 1 unspecified atom stereocenters. The summed E-state index contributed by atoms with van der Waals surface area (Å²) in [4.78, 5) is 63.4. The van der Waals surface area contributed by atoms with E-state index in [9.17, 15) is 24.3 Å². The van der Waals surface area contributed by atoms with Crippen LogP contribution in [0.3, 0.4) is 0 Å². The first-order chi connectivity index (χ1) is 21.9. The van der Waals surface area contributed by atoms with Gasteiger partial charge in [-0.05, 0) is 48.4 Å². The summed E-state index contributed by atoms with van der Waals surface area (Å²) < 4.78 is 0. The molecule has 220 valence electrons. The third kappa shape index (κ3) is 3.94. The van der Waals surface area contributed by atoms with E-state index in [2.05, 4.69) is 4.98 Å². The van der Waals surface area contributed by atoms with Crippen LogP contribution in [0.4, 0.5) is 5.69 Å². The van der Waals surface area contributed by atoms with Crippen LogP contribution in [0.1, 0.15) is 64.7 Å². The highest BCUT2D eigenvalue weighted by atomic mass is 16.3. The normalized spacial score (nSPS) is 18.6. The Morgan fingerprint density at radius 1 is 0.644 bits per heavy atom. The number of aromatic amines is 1. The molecule has 0 saturated carbocycles. The second-order valence-electron chi connectivity index (χ2n) is 11.5. The Balaban J connectivity index is 1.16. The number of amides is 4. The summed E-state index contributed by atoms with van der Waals surface area (Å²) in [5.41, 5.74) is 3.53. The largest absolute Gasteiger partial charge is 0.379 e. The van der Waals surface area contributed by atoms with Gasteiger partial charge in [0.05, 0.1) is 33.6 Å². The van der Waals surface area contributed by atoms with Crippen LogP contribution < -0.4 is 0 Å². The van der Waals surface area contributed by atoms with E-state index in [0.717, 1.165) is 16.5 Å². The Morgan fingerprint density at radius 3 is 1.78 bits per heavy atom. The highest BCUT2D eigenvalue weighted by Crippen LogP contribution is 2.44. The molecule has 0 bridgehead atoms. The van der Waals surface area contributed by atoms with Crippen molar-refractivity contribution in [2.75, 3.05) is 13.1 Å². The Hall–Kier alpha value is -5.67. The first kappa shape index (κ1) is 26.9. The molecule has 5 aromatic rings. The molecule has 0 radical (unpaired) electrons. The molecule has 1 atom stereocenters. The Morgan fingerprint density at radius 2 is 1.16 bits per heavy atom. The molecule has 3 aliphatic heterocycles. The van der Waals surface area contributed by atoms with E-state index in [-0.39, 0.29) is 31.3 Å². The first-order valence-corrected chi connectivity index (χ1v) is 14.8. The fourth-order valence-corrected chi connectivity index (χ4v) is 6.82. The molecule has 0 fully saturated rings. The van der Waals surface area contributed by atoms with Gasteiger partial charge in [-0.15, -0.1) is 0 Å². The van der Waals surface area contributed by atoms with Gasteiger partial charge in [-0.3, -0.25) is 29.0 Å². The van der Waals surface area contributed by atoms with Gasteiger partial charge in [0.1, 0.15) is 11.3 Å². The predicted octanol–water partition coefficient (Wildman–Crippen LogP) is 5.01. The zero-order valence-electron chi connectivity index (χ0n) is 24.0. The molecule has 4 heterocycles. The molecule has 9 heteroatoms. The summed E-state index contributed by atoms with van der Waals surface area (Å²) in [5, 5.41) is 13.4. The monoisotopic (exact) mass is 594 g/mol. The molecule has 4 aromatic carbocycles. The lowest BCUT2D eigenvalue weighted by Gasteiger charge is -2.28. The van der Waals surface area contributed by atoms with Gasteiger partial charge in [-0.1, -0.05) is 60.7 Å². The minimum atomic E-state index is -1.64. The van der Waals surface area contributed by atoms with Gasteiger partial charge in [0.2, 0.25) is 0 Å². The molecule has 0 spiro atoms. The molecule has 3 aliphatic rings. The van der Waals surface area contributed by atoms with Crippen LogP contribution in [0.25, 0.3) is 10.9 Å². The number of carbonyl (C=O) groups excluding carboxylic acids is 4. The summed E-state index contributed by atoms with van der Waals surface area (Å²) in [6.07, 6.45) is 0.330. The topological polar surface area (TPSA) is 123 Å². The van der Waals surface area contributed by atoms with Crippen molar-refractivity contribution in [2.24, 2.45) is 4.99 Å². The van der Waals surface area contributed by atoms with E-state index in [4.69, 9.17) is 4.99 Å². The average molecular weight is 595 g/mol. The lowest BCUT2D eigenvalue weighted by atomic mass is 9.84. The quantitative estimate of drug-likeness (QED) is 0.256. The number of hydrogen-bond acceptors (Lipinski definition) is 6. The van der Waals surface area contributed by atoms with Crippen LogP contribution in [0.5, 0.6) is 0 Å². The third-order valence-corrected chi connectivity index (χ3v) is 9.06. The van der Waals surface area contributed by atoms with Gasteiger partial charge >= 0.3 is 0 Å². The van der Waals surface area contributed by atoms with E-state index in [0.29, 0.717) is 51.3 Å². The Labute approximate surface area is 257 Å². The van der Waals surface area contributed by atoms with Gasteiger partial charge in [0.15, 0.2) is 0 Å². The summed E-state index contributed by atoms with van der Waals surface area (Å²) in [6.45, 7) is 0.107. The van der Waals surface area contributed by atoms with Crippen molar-refractivity contribution in [3.8, 4) is 0 Å². The smallest absolute Gasteiger partial charge is 0.261 e. The molecule has 45 heavy (non-hydrogen) atoms. The number of benzene rings is 4. The van der Waals surface area contributed by atoms with Crippen LogP contribution >= 0.6 is 0 Å². The van der Waals surface area contributed by atoms with E-state index in [1.807, 2.05) is 42.5 Å². The summed E-state index contributed by atoms with van der Waals surface area (Å²) >= 11 is 0. The van der Waals surface area contributed by atoms with Crippen LogP contribution in [0.15, 0.2) is 102 Å². The van der Waals surface area contributed by atoms with Crippen molar-refractivity contribution in [1.29, 1.82) is 0 Å². The predicted molar refractivity (Wildman–Crippen MR) is 167 cm³/mol. The minimum absolute atomic E-state index is 0.0154. The molecule has 2 N–H and O–H groups in total. The van der Waals surface area contributed by atoms with Gasteiger partial charge in [-0.2, -0.15) is 0 Å². The Kier molecular flexibility index (Phi) is 5.94. The summed E-state index contributed by atoms with van der Waals surface area (Å²) in [6, 6.07) is 28.5. The maximum Gasteiger partial charge on any atom is 0.261 e. The number of nitrogens with zero attached hydrogens (tertiary/aromatic N) is 3. The highest BCUT2D eigenvalue weighted by Gasteiger charge is 2.46. The van der Waals surface area contributed by atoms with Gasteiger partial charge < -0.3 is 10.1 Å². The number of hydrogen-bond donors (Lipinski definition) is 2. The van der Waals surface area contributed by atoms with E-state index < -0.39 is 17.4 Å². The minimum Gasteiger partial charge on any atom is -0.379 e. The SMILES string of the molecule is O=C1c2ccccc2C(=O)N1CCc1c(C2=Nc3ccccc3C2(O)CCN2C(=O)c3ccccc3C2=O)[nH]c2ccccc12. The number of imide groups is 2. The van der Waals surface area contributed by atoms with Crippen molar-refractivity contribution >= 4 is 45.9 Å². The summed E-state index contributed by atoms with van der Waals surface area (Å²) in [7, 11) is 0. The number of carbonyl (C=O) groups is 4. The van der Waals surface area contributed by atoms with Crippen LogP contribution in [0.2, 0.25) is 0 Å². The van der Waals surface area contributed by atoms with E-state index >= 15 is 0 Å². The van der Waals surface area contributed by atoms with Crippen molar-refractivity contribution in [2.45, 2.75) is 18.4 Å². The van der Waals surface area contributed by atoms with Crippen LogP contribution in [-0.2, 0) is 12.0 Å². The maximum absolute atomic E-state index is 13.2. The molecule has 8 rings (SSSR count). The molecular weight excluding hydrogens is 568 g/mol. The standard InChI is InChI=1S/C36H26N4O5/c41-32-23-10-1-2-11-24(23)33(42)39(32)19-17-22-21-9-5-7-15-28(21)37-30(22)31-36(45,27-14-6-8-16-29(27)38-31)18-20-40-34(43)25-12-3-4-13-26(25)35(40)44/h1-16,37,45H,17-20H2. The zero-order chi connectivity index (χ0) is 30.9. The van der Waals surface area contributed by atoms with Crippen molar-refractivity contribution in [3.05, 3.63) is 136 Å². The van der Waals surface area contributed by atoms with E-state index in [1.54, 1.807) is 54.6 Å². The third-order valence-electron chi connectivity index (χ3n) is 9.06. The second kappa shape index (κ2) is 9.93. The number of fused-ring (bicyclic) bond motifs is 4. The molecule has 0 aliphatic carbocycles. The Bertz CT molecular complexity index is 2080. The van der Waals surface area contributed by atoms with Crippen LogP contribution in [-0.4, -0.2) is 62.3 Å². The fraction of sp³-hybridized carbons (Fsp3) is 0.139. The number of nitrogens with one attached hydrogen (secondary N) is 1. The zero-order valence-corrected chi connectivity index (χ0v) is 24.0. The maximum atomic E-state index is 13.2. The highest BCUT2D eigenvalue weighted by molar-refractivity contribution is 6.22. The van der Waals surface area contributed by atoms with E-state index in [1.165, 1.54) is 9.80 Å². The van der Waals surface area contributed by atoms with Crippen molar-refractivity contribution < 1.29 is 24.3 Å². The molecular formula is C36H26N4O5. The lowest BCUT2D eigenvalue weighted by molar-refractivity contribution is 0.0567. The average Bonchev–Trinajstić information content (AvgIpc) is 3.73. The van der Waals surface area contributed by atoms with Crippen LogP contribution in [0, 0.1) is 0 Å². The number of para-hydroxylation sites is 2. The second-order valence-corrected chi connectivity index (χ2v) is 11.5. The molecule has 1 aromatic heterocycles. The fourth-order valence-electron chi connectivity index (χ4n) is 6.82. The van der Waals surface area contributed by atoms with Crippen molar-refractivity contribution in [3.63, 3.8) is 0 Å².